The Balaban J connectivity index is 0.000000700. The Hall–Kier alpha value is -0.747. The molecule has 0 saturated heterocycles. The first kappa shape index (κ1) is 33.3. The fourth-order valence-corrected chi connectivity index (χ4v) is 3.62. The van der Waals surface area contributed by atoms with Crippen LogP contribution in [0.3, 0.4) is 0 Å². The van der Waals surface area contributed by atoms with Crippen molar-refractivity contribution >= 4 is 3.21 Å². The Bertz CT molecular complexity index is 908. The molecule has 0 atom stereocenters. The van der Waals surface area contributed by atoms with Crippen molar-refractivity contribution in [3.63, 3.8) is 0 Å². The van der Waals surface area contributed by atoms with Crippen molar-refractivity contribution in [1.29, 1.82) is 0 Å². The van der Waals surface area contributed by atoms with Gasteiger partial charge < -0.3 is 24.8 Å². The molecular formula is C31H40Cl2Zr-2. The van der Waals surface area contributed by atoms with Gasteiger partial charge in [-0.2, -0.15) is 29.8 Å². The number of fused-ring (bicyclic) bond motifs is 3. The third-order valence-corrected chi connectivity index (χ3v) is 7.64. The molecule has 0 nitrogen and oxygen atoms in total. The van der Waals surface area contributed by atoms with Crippen LogP contribution in [0, 0.1) is 12.1 Å². The number of hydrogen-bond donors (Lipinski definition) is 0. The average molecular weight is 575 g/mol. The zero-order valence-electron chi connectivity index (χ0n) is 22.2. The van der Waals surface area contributed by atoms with Gasteiger partial charge in [-0.15, -0.1) is 17.5 Å². The standard InChI is InChI=1S/C21H25.C5H5.C5H10.2ClH.Zr/c1-20(2,3)16-7-9-18-14(12-16)11-15-13-17(21(4,5)6)8-10-19(15)18;1-2-4-5-3-1;1-3-5-4-2;;;/h7-10,12H,11H2,1-6H3;1-3H,4H2;3-4H2,1-2H3;2*1H;/q2*-1;;;;+2/p-2. The van der Waals surface area contributed by atoms with Gasteiger partial charge in [-0.25, -0.2) is 12.2 Å². The molecule has 0 N–H and O–H groups in total. The maximum atomic E-state index is 3.67. The summed E-state index contributed by atoms with van der Waals surface area (Å²) >= 11 is 1.62. The van der Waals surface area contributed by atoms with E-state index in [0.29, 0.717) is 0 Å². The molecule has 0 radical (unpaired) electrons. The first-order valence-corrected chi connectivity index (χ1v) is 13.2. The van der Waals surface area contributed by atoms with Gasteiger partial charge >= 0.3 is 54.1 Å². The van der Waals surface area contributed by atoms with E-state index in [4.69, 9.17) is 0 Å². The molecule has 0 amide bonds. The predicted molar refractivity (Wildman–Crippen MR) is 138 cm³/mol. The summed E-state index contributed by atoms with van der Waals surface area (Å²) < 4.78 is 1.68. The number of allylic oxidation sites excluding steroid dienone is 4. The van der Waals surface area contributed by atoms with Crippen LogP contribution in [0.2, 0.25) is 0 Å². The molecule has 0 aliphatic heterocycles. The van der Waals surface area contributed by atoms with Crippen LogP contribution in [0.1, 0.15) is 96.9 Å². The van der Waals surface area contributed by atoms with E-state index in [1.807, 2.05) is 12.2 Å². The summed E-state index contributed by atoms with van der Waals surface area (Å²) in [5, 5.41) is 0. The van der Waals surface area contributed by atoms with Crippen LogP contribution in [-0.4, -0.2) is 3.21 Å². The normalized spacial score (nSPS) is 12.8. The van der Waals surface area contributed by atoms with Crippen molar-refractivity contribution in [2.45, 2.75) is 91.9 Å². The number of benzene rings is 2. The molecule has 2 aromatic carbocycles. The fraction of sp³-hybridized carbons (Fsp3) is 0.452. The second kappa shape index (κ2) is 14.7. The molecule has 0 spiro atoms. The van der Waals surface area contributed by atoms with E-state index in [9.17, 15) is 0 Å². The van der Waals surface area contributed by atoms with Crippen LogP contribution < -0.4 is 24.8 Å². The van der Waals surface area contributed by atoms with Crippen molar-refractivity contribution in [2.24, 2.45) is 0 Å². The van der Waals surface area contributed by atoms with Crippen LogP contribution in [0.25, 0.3) is 11.1 Å². The molecule has 4 rings (SSSR count). The minimum absolute atomic E-state index is 0. The summed E-state index contributed by atoms with van der Waals surface area (Å²) in [6.07, 6.45) is 13.6. The van der Waals surface area contributed by atoms with Gasteiger partial charge in [0.05, 0.1) is 0 Å². The van der Waals surface area contributed by atoms with E-state index in [1.165, 1.54) is 46.2 Å². The van der Waals surface area contributed by atoms with E-state index in [1.54, 1.807) is 27.4 Å². The number of hydrogen-bond acceptors (Lipinski definition) is 0. The maximum Gasteiger partial charge on any atom is -0.109 e. The van der Waals surface area contributed by atoms with Crippen LogP contribution in [0.15, 0.2) is 48.6 Å². The van der Waals surface area contributed by atoms with Crippen LogP contribution in [0.5, 0.6) is 0 Å². The van der Waals surface area contributed by atoms with Gasteiger partial charge in [0.2, 0.25) is 0 Å². The zero-order chi connectivity index (χ0) is 23.9. The molecule has 2 aliphatic carbocycles. The van der Waals surface area contributed by atoms with Gasteiger partial charge in [0.25, 0.3) is 0 Å². The molecule has 0 fully saturated rings. The summed E-state index contributed by atoms with van der Waals surface area (Å²) in [5.74, 6) is 0. The van der Waals surface area contributed by atoms with Gasteiger partial charge in [0.1, 0.15) is 0 Å². The summed E-state index contributed by atoms with van der Waals surface area (Å²) in [5.41, 5.74) is 8.70. The fourth-order valence-electron chi connectivity index (χ4n) is 3.62. The van der Waals surface area contributed by atoms with E-state index in [0.717, 1.165) is 12.8 Å². The Labute approximate surface area is 236 Å². The average Bonchev–Trinajstić information content (AvgIpc) is 3.42. The van der Waals surface area contributed by atoms with Gasteiger partial charge in [-0.05, 0) is 28.4 Å². The molecule has 184 valence electrons. The molecule has 2 aromatic rings. The van der Waals surface area contributed by atoms with E-state index in [2.05, 4.69) is 104 Å². The minimum Gasteiger partial charge on any atom is -1.00 e. The summed E-state index contributed by atoms with van der Waals surface area (Å²) in [4.78, 5) is 0. The number of rotatable bonds is 2. The quantitative estimate of drug-likeness (QED) is 0.413. The molecule has 0 saturated carbocycles. The van der Waals surface area contributed by atoms with Crippen molar-refractivity contribution in [3.8, 4) is 11.1 Å². The molecule has 0 bridgehead atoms. The largest absolute Gasteiger partial charge is 1.00 e. The molecule has 3 heteroatoms. The smallest absolute Gasteiger partial charge is 0.109 e. The van der Waals surface area contributed by atoms with E-state index < -0.39 is 0 Å². The second-order valence-corrected chi connectivity index (χ2v) is 12.4. The predicted octanol–water partition coefficient (Wildman–Crippen LogP) is 2.49. The van der Waals surface area contributed by atoms with Gasteiger partial charge in [-0.3, -0.25) is 6.08 Å². The first-order valence-electron chi connectivity index (χ1n) is 11.9. The van der Waals surface area contributed by atoms with Crippen LogP contribution in [0.4, 0.5) is 0 Å². The Morgan fingerprint density at radius 1 is 0.882 bits per heavy atom. The number of halogens is 2. The molecule has 0 unspecified atom stereocenters. The first-order chi connectivity index (χ1) is 15.0. The molecular weight excluding hydrogens is 534 g/mol. The summed E-state index contributed by atoms with van der Waals surface area (Å²) in [6, 6.07) is 15.2. The Morgan fingerprint density at radius 2 is 1.50 bits per heavy atom. The van der Waals surface area contributed by atoms with Gasteiger partial charge in [-0.1, -0.05) is 65.3 Å². The third-order valence-electron chi connectivity index (χ3n) is 5.90. The topological polar surface area (TPSA) is 0 Å². The second-order valence-electron chi connectivity index (χ2n) is 10.6. The maximum absolute atomic E-state index is 3.67. The van der Waals surface area contributed by atoms with Crippen LogP contribution in [-0.2, 0) is 41.5 Å². The van der Waals surface area contributed by atoms with Crippen molar-refractivity contribution in [1.82, 2.24) is 0 Å². The van der Waals surface area contributed by atoms with Crippen molar-refractivity contribution < 1.29 is 49.0 Å². The molecule has 0 aromatic heterocycles. The van der Waals surface area contributed by atoms with Crippen molar-refractivity contribution in [2.75, 3.05) is 0 Å². The monoisotopic (exact) mass is 572 g/mol. The Kier molecular flexibility index (Phi) is 14.4. The van der Waals surface area contributed by atoms with Crippen molar-refractivity contribution in [3.05, 3.63) is 83.0 Å². The summed E-state index contributed by atoms with van der Waals surface area (Å²) in [7, 11) is 0. The SMILES string of the molecule is CC(C)(C)c1[c-]c2c(cc1)-c1ccc(C(C)(C)C)cc1C2.CC[C](=[Zr+2])CC.[C-]1=CC=CC1.[Cl-].[Cl-]. The summed E-state index contributed by atoms with van der Waals surface area (Å²) in [6.45, 7) is 18.0. The molecule has 0 heterocycles. The molecule has 34 heavy (non-hydrogen) atoms. The van der Waals surface area contributed by atoms with E-state index >= 15 is 0 Å². The van der Waals surface area contributed by atoms with Crippen LogP contribution >= 0.6 is 0 Å². The molecule has 2 aliphatic rings. The van der Waals surface area contributed by atoms with E-state index in [-0.39, 0.29) is 35.6 Å². The third kappa shape index (κ3) is 9.72. The Morgan fingerprint density at radius 3 is 1.91 bits per heavy atom. The van der Waals surface area contributed by atoms with Gasteiger partial charge in [0, 0.05) is 0 Å². The minimum atomic E-state index is 0. The van der Waals surface area contributed by atoms with Gasteiger partial charge in [0.15, 0.2) is 0 Å². The zero-order valence-corrected chi connectivity index (χ0v) is 26.2.